The summed E-state index contributed by atoms with van der Waals surface area (Å²) in [5.41, 5.74) is 5.64. The number of nitrogens with one attached hydrogen (secondary N) is 1. The number of aliphatic hydroxyl groups excluding tert-OH is 1. The van der Waals surface area contributed by atoms with Crippen LogP contribution in [-0.4, -0.2) is 32.9 Å². The second-order valence-electron chi connectivity index (χ2n) is 8.63. The second-order valence-corrected chi connectivity index (χ2v) is 8.63. The van der Waals surface area contributed by atoms with Gasteiger partial charge in [-0.3, -0.25) is 4.79 Å². The van der Waals surface area contributed by atoms with Gasteiger partial charge in [0.05, 0.1) is 17.9 Å². The van der Waals surface area contributed by atoms with Crippen molar-refractivity contribution in [2.75, 3.05) is 13.2 Å². The van der Waals surface area contributed by atoms with Crippen LogP contribution in [0.15, 0.2) is 59.4 Å². The van der Waals surface area contributed by atoms with Crippen LogP contribution in [-0.2, 0) is 6.61 Å². The minimum Gasteiger partial charge on any atom is -0.486 e. The molecule has 0 fully saturated rings. The summed E-state index contributed by atoms with van der Waals surface area (Å²) in [6, 6.07) is 15.3. The van der Waals surface area contributed by atoms with Gasteiger partial charge in [-0.2, -0.15) is 9.61 Å². The molecule has 0 bridgehead atoms. The number of aromatic nitrogens is 3. The minimum atomic E-state index is -0.306. The molecular weight excluding hydrogens is 430 g/mol. The van der Waals surface area contributed by atoms with Crippen molar-refractivity contribution in [3.05, 3.63) is 76.2 Å². The van der Waals surface area contributed by atoms with E-state index >= 15 is 0 Å². The summed E-state index contributed by atoms with van der Waals surface area (Å²) >= 11 is 0. The molecular formula is C27H25N3O4. The van der Waals surface area contributed by atoms with E-state index in [1.807, 2.05) is 36.4 Å². The summed E-state index contributed by atoms with van der Waals surface area (Å²) in [7, 11) is 0. The van der Waals surface area contributed by atoms with E-state index in [0.29, 0.717) is 47.2 Å². The van der Waals surface area contributed by atoms with E-state index in [0.717, 1.165) is 42.5 Å². The standard InChI is InChI=1S/C27H25N3O4/c31-16-20-23(19-11-12-21-22(15-19)34-14-13-33-21)27(32)30-26(28-20)24(17-7-3-1-4-8-17)25(29-30)18-9-5-2-6-10-18/h2,5-7,9-12,15,28,31H,1,3-4,8,13-14,16H2. The van der Waals surface area contributed by atoms with Gasteiger partial charge in [-0.25, -0.2) is 0 Å². The normalized spacial score (nSPS) is 15.4. The molecule has 0 amide bonds. The lowest BCUT2D eigenvalue weighted by Gasteiger charge is -2.19. The number of hydrogen-bond acceptors (Lipinski definition) is 5. The molecule has 0 spiro atoms. The molecule has 2 aromatic carbocycles. The highest BCUT2D eigenvalue weighted by Crippen LogP contribution is 2.38. The van der Waals surface area contributed by atoms with Crippen LogP contribution in [0.25, 0.3) is 33.6 Å². The summed E-state index contributed by atoms with van der Waals surface area (Å²) in [5.74, 6) is 1.24. The van der Waals surface area contributed by atoms with E-state index in [4.69, 9.17) is 14.6 Å². The average molecular weight is 456 g/mol. The van der Waals surface area contributed by atoms with Gasteiger partial charge < -0.3 is 19.6 Å². The maximum absolute atomic E-state index is 13.8. The number of benzene rings is 2. The van der Waals surface area contributed by atoms with Crippen molar-refractivity contribution in [1.82, 2.24) is 14.6 Å². The van der Waals surface area contributed by atoms with Crippen molar-refractivity contribution >= 4 is 11.2 Å². The summed E-state index contributed by atoms with van der Waals surface area (Å²) in [6.07, 6.45) is 6.45. The molecule has 2 aromatic heterocycles. The molecule has 0 radical (unpaired) electrons. The predicted molar refractivity (Wildman–Crippen MR) is 130 cm³/mol. The van der Waals surface area contributed by atoms with E-state index in [1.165, 1.54) is 10.1 Å². The number of hydrogen-bond donors (Lipinski definition) is 2. The zero-order valence-corrected chi connectivity index (χ0v) is 18.7. The fourth-order valence-electron chi connectivity index (χ4n) is 4.90. The Kier molecular flexibility index (Phi) is 5.19. The third kappa shape index (κ3) is 3.40. The Labute approximate surface area is 196 Å². The van der Waals surface area contributed by atoms with Gasteiger partial charge in [0.1, 0.15) is 24.6 Å². The van der Waals surface area contributed by atoms with Crippen LogP contribution in [0.2, 0.25) is 0 Å². The second kappa shape index (κ2) is 8.50. The smallest absolute Gasteiger partial charge is 0.282 e. The number of nitrogens with zero attached hydrogens (tertiary/aromatic N) is 2. The lowest BCUT2D eigenvalue weighted by atomic mass is 9.92. The SMILES string of the molecule is O=c1c(-c2ccc3c(c2)OCCO3)c(CO)[nH]c2c(C3=CCCCC3)c(-c3ccccc3)nn12. The number of aliphatic hydroxyl groups is 1. The fourth-order valence-corrected chi connectivity index (χ4v) is 4.90. The lowest BCUT2D eigenvalue weighted by molar-refractivity contribution is 0.171. The van der Waals surface area contributed by atoms with E-state index < -0.39 is 0 Å². The van der Waals surface area contributed by atoms with E-state index in [2.05, 4.69) is 11.1 Å². The largest absolute Gasteiger partial charge is 0.486 e. The van der Waals surface area contributed by atoms with Gasteiger partial charge in [-0.05, 0) is 49.0 Å². The Hall–Kier alpha value is -3.84. The number of ether oxygens (including phenoxy) is 2. The highest BCUT2D eigenvalue weighted by Gasteiger charge is 2.25. The molecule has 0 saturated carbocycles. The zero-order chi connectivity index (χ0) is 23.1. The fraction of sp³-hybridized carbons (Fsp3) is 0.259. The van der Waals surface area contributed by atoms with Crippen molar-refractivity contribution in [1.29, 1.82) is 0 Å². The zero-order valence-electron chi connectivity index (χ0n) is 18.7. The Morgan fingerprint density at radius 3 is 2.56 bits per heavy atom. The van der Waals surface area contributed by atoms with Crippen LogP contribution in [0.5, 0.6) is 11.5 Å². The molecule has 2 N–H and O–H groups in total. The highest BCUT2D eigenvalue weighted by atomic mass is 16.6. The molecule has 172 valence electrons. The maximum atomic E-state index is 13.8. The summed E-state index contributed by atoms with van der Waals surface area (Å²) in [4.78, 5) is 17.2. The first-order valence-corrected chi connectivity index (χ1v) is 11.7. The van der Waals surface area contributed by atoms with Crippen molar-refractivity contribution in [3.8, 4) is 33.9 Å². The van der Waals surface area contributed by atoms with Gasteiger partial charge in [-0.15, -0.1) is 0 Å². The van der Waals surface area contributed by atoms with Gasteiger partial charge in [0, 0.05) is 11.1 Å². The Morgan fingerprint density at radius 2 is 1.79 bits per heavy atom. The Morgan fingerprint density at radius 1 is 0.971 bits per heavy atom. The molecule has 2 aliphatic rings. The average Bonchev–Trinajstić information content (AvgIpc) is 3.29. The van der Waals surface area contributed by atoms with E-state index in [1.54, 1.807) is 12.1 Å². The van der Waals surface area contributed by atoms with Crippen LogP contribution in [0, 0.1) is 0 Å². The first kappa shape index (κ1) is 20.7. The summed E-state index contributed by atoms with van der Waals surface area (Å²) in [5, 5.41) is 15.1. The first-order valence-electron chi connectivity index (χ1n) is 11.7. The molecule has 3 heterocycles. The number of aromatic amines is 1. The molecule has 0 unspecified atom stereocenters. The van der Waals surface area contributed by atoms with Gasteiger partial charge in [0.15, 0.2) is 11.5 Å². The molecule has 1 aliphatic carbocycles. The van der Waals surface area contributed by atoms with Crippen LogP contribution >= 0.6 is 0 Å². The Balaban J connectivity index is 1.62. The third-order valence-corrected chi connectivity index (χ3v) is 6.51. The number of H-pyrrole nitrogens is 1. The van der Waals surface area contributed by atoms with Gasteiger partial charge in [0.2, 0.25) is 0 Å². The van der Waals surface area contributed by atoms with E-state index in [9.17, 15) is 9.90 Å². The van der Waals surface area contributed by atoms with Crippen LogP contribution < -0.4 is 15.0 Å². The monoisotopic (exact) mass is 455 g/mol. The maximum Gasteiger partial charge on any atom is 0.282 e. The first-order chi connectivity index (χ1) is 16.7. The predicted octanol–water partition coefficient (Wildman–Crippen LogP) is 4.58. The number of rotatable bonds is 4. The molecule has 1 aliphatic heterocycles. The molecule has 0 atom stereocenters. The number of allylic oxidation sites excluding steroid dienone is 2. The molecule has 4 aromatic rings. The summed E-state index contributed by atoms with van der Waals surface area (Å²) in [6.45, 7) is 0.644. The highest BCUT2D eigenvalue weighted by molar-refractivity contribution is 5.88. The van der Waals surface area contributed by atoms with Crippen molar-refractivity contribution in [3.63, 3.8) is 0 Å². The van der Waals surface area contributed by atoms with Crippen LogP contribution in [0.1, 0.15) is 36.9 Å². The molecule has 0 saturated heterocycles. The topological polar surface area (TPSA) is 88.9 Å². The van der Waals surface area contributed by atoms with Crippen molar-refractivity contribution in [2.24, 2.45) is 0 Å². The molecule has 34 heavy (non-hydrogen) atoms. The quantitative estimate of drug-likeness (QED) is 0.470. The minimum absolute atomic E-state index is 0.283. The van der Waals surface area contributed by atoms with Gasteiger partial charge in [0.25, 0.3) is 5.56 Å². The molecule has 6 rings (SSSR count). The Bertz CT molecular complexity index is 1470. The van der Waals surface area contributed by atoms with Crippen molar-refractivity contribution < 1.29 is 14.6 Å². The number of fused-ring (bicyclic) bond motifs is 2. The van der Waals surface area contributed by atoms with Crippen LogP contribution in [0.4, 0.5) is 0 Å². The van der Waals surface area contributed by atoms with Crippen molar-refractivity contribution in [2.45, 2.75) is 32.3 Å². The van der Waals surface area contributed by atoms with Crippen LogP contribution in [0.3, 0.4) is 0 Å². The molecule has 7 heteroatoms. The van der Waals surface area contributed by atoms with Gasteiger partial charge >= 0.3 is 0 Å². The van der Waals surface area contributed by atoms with E-state index in [-0.39, 0.29) is 12.2 Å². The summed E-state index contributed by atoms with van der Waals surface area (Å²) < 4.78 is 12.8. The lowest BCUT2D eigenvalue weighted by Crippen LogP contribution is -2.21. The molecule has 7 nitrogen and oxygen atoms in total. The van der Waals surface area contributed by atoms with Gasteiger partial charge in [-0.1, -0.05) is 42.5 Å². The third-order valence-electron chi connectivity index (χ3n) is 6.51.